The lowest BCUT2D eigenvalue weighted by Crippen LogP contribution is -2.33. The van der Waals surface area contributed by atoms with Gasteiger partial charge in [0.1, 0.15) is 5.82 Å². The SMILES string of the molecule is O=C1SC(=Cc2ccccc2F)C(=O)N1CNc1cccc(C(F)(F)F)c1. The van der Waals surface area contributed by atoms with Crippen LogP contribution in [-0.2, 0) is 11.0 Å². The maximum absolute atomic E-state index is 13.7. The number of amides is 2. The van der Waals surface area contributed by atoms with Gasteiger partial charge in [0.05, 0.1) is 17.1 Å². The van der Waals surface area contributed by atoms with E-state index in [2.05, 4.69) is 5.32 Å². The molecule has 1 fully saturated rings. The zero-order valence-corrected chi connectivity index (χ0v) is 14.4. The van der Waals surface area contributed by atoms with Crippen molar-refractivity contribution in [3.05, 3.63) is 70.4 Å². The van der Waals surface area contributed by atoms with Gasteiger partial charge in [-0.05, 0) is 42.1 Å². The van der Waals surface area contributed by atoms with Crippen LogP contribution in [0.15, 0.2) is 53.4 Å². The highest BCUT2D eigenvalue weighted by Gasteiger charge is 2.35. The number of halogens is 4. The molecule has 1 N–H and O–H groups in total. The van der Waals surface area contributed by atoms with E-state index in [1.165, 1.54) is 36.4 Å². The lowest BCUT2D eigenvalue weighted by molar-refractivity contribution is -0.137. The number of carbonyl (C=O) groups is 2. The molecule has 1 aliphatic heterocycles. The topological polar surface area (TPSA) is 49.4 Å². The molecule has 2 amide bonds. The number of nitrogens with zero attached hydrogens (tertiary/aromatic N) is 1. The summed E-state index contributed by atoms with van der Waals surface area (Å²) in [6.07, 6.45) is -3.23. The van der Waals surface area contributed by atoms with Gasteiger partial charge in [-0.15, -0.1) is 0 Å². The van der Waals surface area contributed by atoms with Gasteiger partial charge in [-0.1, -0.05) is 24.3 Å². The number of imide groups is 1. The molecule has 2 aromatic carbocycles. The van der Waals surface area contributed by atoms with Gasteiger partial charge < -0.3 is 5.32 Å². The van der Waals surface area contributed by atoms with Gasteiger partial charge in [0.2, 0.25) is 0 Å². The van der Waals surface area contributed by atoms with Crippen LogP contribution in [0.1, 0.15) is 11.1 Å². The number of benzene rings is 2. The third-order valence-corrected chi connectivity index (χ3v) is 4.60. The molecule has 27 heavy (non-hydrogen) atoms. The number of anilines is 1. The summed E-state index contributed by atoms with van der Waals surface area (Å²) in [6.45, 7) is -0.305. The molecule has 0 unspecified atom stereocenters. The molecular formula is C18H12F4N2O2S. The highest BCUT2D eigenvalue weighted by Crippen LogP contribution is 2.33. The smallest absolute Gasteiger partial charge is 0.367 e. The monoisotopic (exact) mass is 396 g/mol. The van der Waals surface area contributed by atoms with Gasteiger partial charge in [0.25, 0.3) is 11.1 Å². The van der Waals surface area contributed by atoms with Gasteiger partial charge in [0.15, 0.2) is 0 Å². The maximum Gasteiger partial charge on any atom is 0.416 e. The van der Waals surface area contributed by atoms with Crippen molar-refractivity contribution < 1.29 is 27.2 Å². The summed E-state index contributed by atoms with van der Waals surface area (Å²) in [4.78, 5) is 25.3. The molecule has 9 heteroatoms. The first kappa shape index (κ1) is 19.0. The van der Waals surface area contributed by atoms with Crippen molar-refractivity contribution in [3.63, 3.8) is 0 Å². The van der Waals surface area contributed by atoms with E-state index in [0.29, 0.717) is 11.8 Å². The molecule has 0 spiro atoms. The lowest BCUT2D eigenvalue weighted by Gasteiger charge is -2.15. The molecule has 2 aromatic rings. The average Bonchev–Trinajstić information content (AvgIpc) is 2.88. The van der Waals surface area contributed by atoms with E-state index >= 15 is 0 Å². The predicted octanol–water partition coefficient (Wildman–Crippen LogP) is 4.95. The Morgan fingerprint density at radius 2 is 1.81 bits per heavy atom. The first-order valence-electron chi connectivity index (χ1n) is 7.67. The third kappa shape index (κ3) is 4.30. The van der Waals surface area contributed by atoms with Crippen LogP contribution in [0.25, 0.3) is 6.08 Å². The van der Waals surface area contributed by atoms with Gasteiger partial charge >= 0.3 is 6.18 Å². The Hall–Kier alpha value is -2.81. The molecule has 140 valence electrons. The molecule has 4 nitrogen and oxygen atoms in total. The summed E-state index contributed by atoms with van der Waals surface area (Å²) in [6, 6.07) is 10.2. The zero-order valence-electron chi connectivity index (χ0n) is 13.6. The minimum Gasteiger partial charge on any atom is -0.367 e. The number of nitrogens with one attached hydrogen (secondary N) is 1. The van der Waals surface area contributed by atoms with Crippen LogP contribution in [0.4, 0.5) is 28.0 Å². The van der Waals surface area contributed by atoms with Crippen LogP contribution in [0.5, 0.6) is 0 Å². The van der Waals surface area contributed by atoms with E-state index in [9.17, 15) is 27.2 Å². The van der Waals surface area contributed by atoms with Crippen molar-refractivity contribution >= 4 is 34.7 Å². The van der Waals surface area contributed by atoms with Gasteiger partial charge in [0, 0.05) is 11.3 Å². The quantitative estimate of drug-likeness (QED) is 0.587. The number of thioether (sulfide) groups is 1. The van der Waals surface area contributed by atoms with Crippen molar-refractivity contribution in [1.82, 2.24) is 4.90 Å². The molecule has 0 bridgehead atoms. The summed E-state index contributed by atoms with van der Waals surface area (Å²) < 4.78 is 51.9. The first-order chi connectivity index (χ1) is 12.8. The van der Waals surface area contributed by atoms with Crippen molar-refractivity contribution in [2.45, 2.75) is 6.18 Å². The molecule has 1 aliphatic rings. The summed E-state index contributed by atoms with van der Waals surface area (Å²) in [5.41, 5.74) is -0.572. The van der Waals surface area contributed by atoms with Crippen molar-refractivity contribution in [2.75, 3.05) is 12.0 Å². The van der Waals surface area contributed by atoms with Gasteiger partial charge in [-0.3, -0.25) is 14.5 Å². The van der Waals surface area contributed by atoms with E-state index in [-0.39, 0.29) is 22.8 Å². The Labute approximate surface area is 155 Å². The molecule has 0 aromatic heterocycles. The Morgan fingerprint density at radius 3 is 2.52 bits per heavy atom. The molecule has 3 rings (SSSR count). The second kappa shape index (κ2) is 7.43. The fourth-order valence-corrected chi connectivity index (χ4v) is 3.17. The van der Waals surface area contributed by atoms with E-state index in [4.69, 9.17) is 0 Å². The highest BCUT2D eigenvalue weighted by atomic mass is 32.2. The van der Waals surface area contributed by atoms with Crippen molar-refractivity contribution in [3.8, 4) is 0 Å². The molecule has 0 aliphatic carbocycles. The largest absolute Gasteiger partial charge is 0.416 e. The van der Waals surface area contributed by atoms with E-state index in [1.54, 1.807) is 6.07 Å². The third-order valence-electron chi connectivity index (χ3n) is 3.70. The normalized spacial score (nSPS) is 16.3. The molecule has 0 atom stereocenters. The maximum atomic E-state index is 13.7. The first-order valence-corrected chi connectivity index (χ1v) is 8.48. The van der Waals surface area contributed by atoms with Crippen LogP contribution in [0.2, 0.25) is 0 Å². The van der Waals surface area contributed by atoms with Gasteiger partial charge in [-0.2, -0.15) is 13.2 Å². The van der Waals surface area contributed by atoms with Crippen LogP contribution in [0, 0.1) is 5.82 Å². The fourth-order valence-electron chi connectivity index (χ4n) is 2.35. The Kier molecular flexibility index (Phi) is 5.22. The van der Waals surface area contributed by atoms with Crippen LogP contribution in [0.3, 0.4) is 0 Å². The summed E-state index contributed by atoms with van der Waals surface area (Å²) in [5, 5.41) is 2.03. The zero-order chi connectivity index (χ0) is 19.6. The molecular weight excluding hydrogens is 384 g/mol. The Morgan fingerprint density at radius 1 is 1.07 bits per heavy atom. The van der Waals surface area contributed by atoms with E-state index in [1.807, 2.05) is 0 Å². The van der Waals surface area contributed by atoms with Crippen molar-refractivity contribution in [2.24, 2.45) is 0 Å². The Bertz CT molecular complexity index is 928. The second-order valence-electron chi connectivity index (χ2n) is 5.54. The standard InChI is InChI=1S/C18H12F4N2O2S/c19-14-7-2-1-4-11(14)8-15-16(25)24(17(26)27-15)10-23-13-6-3-5-12(9-13)18(20,21)22/h1-9,23H,10H2. The van der Waals surface area contributed by atoms with Crippen LogP contribution < -0.4 is 5.32 Å². The van der Waals surface area contributed by atoms with E-state index < -0.39 is 28.7 Å². The lowest BCUT2D eigenvalue weighted by atomic mass is 10.2. The summed E-state index contributed by atoms with van der Waals surface area (Å²) in [5.74, 6) is -1.18. The minimum absolute atomic E-state index is 0.0379. The summed E-state index contributed by atoms with van der Waals surface area (Å²) >= 11 is 0.640. The number of hydrogen-bond acceptors (Lipinski definition) is 4. The molecule has 0 saturated carbocycles. The second-order valence-corrected chi connectivity index (χ2v) is 6.54. The molecule has 1 heterocycles. The Balaban J connectivity index is 1.73. The molecule has 1 saturated heterocycles. The number of rotatable bonds is 4. The highest BCUT2D eigenvalue weighted by molar-refractivity contribution is 8.18. The van der Waals surface area contributed by atoms with Crippen molar-refractivity contribution in [1.29, 1.82) is 0 Å². The fraction of sp³-hybridized carbons (Fsp3) is 0.111. The minimum atomic E-state index is -4.50. The number of hydrogen-bond donors (Lipinski definition) is 1. The number of carbonyl (C=O) groups excluding carboxylic acids is 2. The molecule has 0 radical (unpaired) electrons. The van der Waals surface area contributed by atoms with E-state index in [0.717, 1.165) is 17.0 Å². The van der Waals surface area contributed by atoms with Gasteiger partial charge in [-0.25, -0.2) is 4.39 Å². The summed E-state index contributed by atoms with van der Waals surface area (Å²) in [7, 11) is 0. The number of alkyl halides is 3. The van der Waals surface area contributed by atoms with Crippen LogP contribution >= 0.6 is 11.8 Å². The predicted molar refractivity (Wildman–Crippen MR) is 94.1 cm³/mol. The van der Waals surface area contributed by atoms with Crippen LogP contribution in [-0.4, -0.2) is 22.7 Å². The average molecular weight is 396 g/mol.